The third-order valence-electron chi connectivity index (χ3n) is 4.76. The first-order valence-corrected chi connectivity index (χ1v) is 9.59. The van der Waals surface area contributed by atoms with Crippen LogP contribution in [0.15, 0.2) is 58.4 Å². The molecule has 0 bridgehead atoms. The number of aromatic nitrogens is 3. The third kappa shape index (κ3) is 6.56. The van der Waals surface area contributed by atoms with Gasteiger partial charge in [0, 0.05) is 34.2 Å². The fraction of sp³-hybridized carbons (Fsp3) is 0.381. The smallest absolute Gasteiger partial charge is 0.194 e. The van der Waals surface area contributed by atoms with Crippen molar-refractivity contribution in [1.29, 1.82) is 0 Å². The van der Waals surface area contributed by atoms with Crippen LogP contribution in [0.3, 0.4) is 0 Å². The maximum atomic E-state index is 5.46. The van der Waals surface area contributed by atoms with Gasteiger partial charge in [-0.05, 0) is 30.3 Å². The number of aryl methyl sites for hydroxylation is 1. The minimum atomic E-state index is 0. The Bertz CT molecular complexity index is 923. The lowest BCUT2D eigenvalue weighted by Crippen LogP contribution is -2.38. The first-order valence-electron chi connectivity index (χ1n) is 9.59. The highest BCUT2D eigenvalue weighted by Crippen LogP contribution is 2.13. The number of benzene rings is 1. The van der Waals surface area contributed by atoms with Crippen molar-refractivity contribution in [3.63, 3.8) is 0 Å². The van der Waals surface area contributed by atoms with Gasteiger partial charge in [-0.1, -0.05) is 24.3 Å². The van der Waals surface area contributed by atoms with Crippen LogP contribution in [0, 0.1) is 0 Å². The number of aliphatic imine (C=N–C) groups is 1. The zero-order chi connectivity index (χ0) is 20.6. The van der Waals surface area contributed by atoms with Crippen molar-refractivity contribution in [1.82, 2.24) is 29.9 Å². The van der Waals surface area contributed by atoms with Gasteiger partial charge in [-0.3, -0.25) is 14.6 Å². The molecule has 0 aliphatic rings. The highest BCUT2D eigenvalue weighted by atomic mass is 127. The summed E-state index contributed by atoms with van der Waals surface area (Å²) < 4.78 is 7.23. The van der Waals surface area contributed by atoms with E-state index in [4.69, 9.17) is 4.42 Å². The number of hydrogen-bond acceptors (Lipinski definition) is 5. The molecule has 2 heterocycles. The Balaban J connectivity index is 0.00000320. The number of nitrogens with zero attached hydrogens (tertiary/aromatic N) is 6. The predicted octanol–water partition coefficient (Wildman–Crippen LogP) is 2.87. The standard InChI is InChI=1S/C21H29N7O.HI/c1-22-21(27(3)15-20-24-16-25-28(20)4)23-12-17-8-5-6-9-18(17)13-26(2)14-19-10-7-11-29-19;/h5-11,16H,12-15H2,1-4H3,(H,22,23);1H. The van der Waals surface area contributed by atoms with Gasteiger partial charge in [-0.2, -0.15) is 5.10 Å². The number of halogens is 1. The van der Waals surface area contributed by atoms with Gasteiger partial charge in [0.15, 0.2) is 5.96 Å². The molecular weight excluding hydrogens is 493 g/mol. The van der Waals surface area contributed by atoms with Crippen molar-refractivity contribution in [2.45, 2.75) is 26.2 Å². The number of furan rings is 1. The average molecular weight is 523 g/mol. The molecule has 0 saturated heterocycles. The van der Waals surface area contributed by atoms with Crippen molar-refractivity contribution in [2.75, 3.05) is 21.1 Å². The first-order chi connectivity index (χ1) is 14.1. The molecule has 9 heteroatoms. The van der Waals surface area contributed by atoms with E-state index in [1.807, 2.05) is 31.1 Å². The van der Waals surface area contributed by atoms with Gasteiger partial charge in [0.1, 0.15) is 17.9 Å². The molecule has 3 aromatic rings. The molecule has 0 fully saturated rings. The lowest BCUT2D eigenvalue weighted by molar-refractivity contribution is 0.287. The van der Waals surface area contributed by atoms with Crippen molar-refractivity contribution >= 4 is 29.9 Å². The largest absolute Gasteiger partial charge is 0.468 e. The molecule has 3 rings (SSSR count). The molecule has 1 aromatic carbocycles. The fourth-order valence-electron chi connectivity index (χ4n) is 3.21. The Morgan fingerprint density at radius 2 is 1.87 bits per heavy atom. The SMILES string of the molecule is CN=C(NCc1ccccc1CN(C)Cc1ccco1)N(C)Cc1ncnn1C.I. The topological polar surface area (TPSA) is 74.7 Å². The Kier molecular flexibility index (Phi) is 9.31. The van der Waals surface area contributed by atoms with Crippen molar-refractivity contribution in [3.05, 3.63) is 71.7 Å². The van der Waals surface area contributed by atoms with Gasteiger partial charge < -0.3 is 14.6 Å². The highest BCUT2D eigenvalue weighted by Gasteiger charge is 2.12. The number of rotatable bonds is 8. The molecule has 0 radical (unpaired) electrons. The van der Waals surface area contributed by atoms with Crippen LogP contribution in [-0.4, -0.2) is 51.7 Å². The second kappa shape index (κ2) is 11.7. The zero-order valence-corrected chi connectivity index (χ0v) is 20.3. The first kappa shape index (κ1) is 23.9. The number of guanidine groups is 1. The molecule has 0 unspecified atom stereocenters. The summed E-state index contributed by atoms with van der Waals surface area (Å²) >= 11 is 0. The second-order valence-electron chi connectivity index (χ2n) is 7.08. The van der Waals surface area contributed by atoms with Crippen molar-refractivity contribution in [2.24, 2.45) is 12.0 Å². The Labute approximate surface area is 195 Å². The summed E-state index contributed by atoms with van der Waals surface area (Å²) in [4.78, 5) is 13.0. The minimum absolute atomic E-state index is 0. The van der Waals surface area contributed by atoms with Crippen molar-refractivity contribution < 1.29 is 4.42 Å². The predicted molar refractivity (Wildman–Crippen MR) is 128 cm³/mol. The highest BCUT2D eigenvalue weighted by molar-refractivity contribution is 14.0. The van der Waals surface area contributed by atoms with Crippen LogP contribution in [-0.2, 0) is 33.2 Å². The summed E-state index contributed by atoms with van der Waals surface area (Å²) in [6.45, 7) is 2.94. The maximum Gasteiger partial charge on any atom is 0.194 e. The number of nitrogens with one attached hydrogen (secondary N) is 1. The van der Waals surface area contributed by atoms with Crippen molar-refractivity contribution in [3.8, 4) is 0 Å². The summed E-state index contributed by atoms with van der Waals surface area (Å²) in [5.41, 5.74) is 2.52. The van der Waals surface area contributed by atoms with Crippen LogP contribution in [0.5, 0.6) is 0 Å². The minimum Gasteiger partial charge on any atom is -0.468 e. The van der Waals surface area contributed by atoms with E-state index in [0.717, 1.165) is 30.6 Å². The van der Waals surface area contributed by atoms with Crippen LogP contribution in [0.25, 0.3) is 0 Å². The summed E-state index contributed by atoms with van der Waals surface area (Å²) in [6.07, 6.45) is 3.28. The molecule has 0 saturated carbocycles. The Hall–Kier alpha value is -2.40. The van der Waals surface area contributed by atoms with Gasteiger partial charge in [0.2, 0.25) is 0 Å². The fourth-order valence-corrected chi connectivity index (χ4v) is 3.21. The van der Waals surface area contributed by atoms with Gasteiger partial charge in [-0.15, -0.1) is 24.0 Å². The third-order valence-corrected chi connectivity index (χ3v) is 4.76. The van der Waals surface area contributed by atoms with Crippen LogP contribution >= 0.6 is 24.0 Å². The Morgan fingerprint density at radius 1 is 1.10 bits per heavy atom. The van der Waals surface area contributed by atoms with E-state index in [-0.39, 0.29) is 24.0 Å². The maximum absolute atomic E-state index is 5.46. The molecule has 2 aromatic heterocycles. The monoisotopic (exact) mass is 523 g/mol. The van der Waals surface area contributed by atoms with Gasteiger partial charge in [0.25, 0.3) is 0 Å². The molecule has 0 aliphatic carbocycles. The van der Waals surface area contributed by atoms with Crippen LogP contribution in [0.1, 0.15) is 22.7 Å². The molecular formula is C21H30IN7O. The summed E-state index contributed by atoms with van der Waals surface area (Å²) in [5.74, 6) is 2.66. The van der Waals surface area contributed by atoms with Crippen LogP contribution in [0.4, 0.5) is 0 Å². The molecule has 0 atom stereocenters. The molecule has 8 nitrogen and oxygen atoms in total. The summed E-state index contributed by atoms with van der Waals surface area (Å²) in [5, 5.41) is 7.58. The normalized spacial score (nSPS) is 11.4. The lowest BCUT2D eigenvalue weighted by atomic mass is 10.1. The van der Waals surface area contributed by atoms with E-state index in [2.05, 4.69) is 56.6 Å². The van der Waals surface area contributed by atoms with E-state index < -0.39 is 0 Å². The molecule has 30 heavy (non-hydrogen) atoms. The van der Waals surface area contributed by atoms with Crippen LogP contribution < -0.4 is 5.32 Å². The second-order valence-corrected chi connectivity index (χ2v) is 7.08. The van der Waals surface area contributed by atoms with E-state index in [9.17, 15) is 0 Å². The molecule has 1 N–H and O–H groups in total. The molecule has 162 valence electrons. The van der Waals surface area contributed by atoms with Crippen LogP contribution in [0.2, 0.25) is 0 Å². The van der Waals surface area contributed by atoms with E-state index in [1.165, 1.54) is 11.1 Å². The molecule has 0 spiro atoms. The zero-order valence-electron chi connectivity index (χ0n) is 17.9. The average Bonchev–Trinajstić information content (AvgIpc) is 3.35. The van der Waals surface area contributed by atoms with E-state index in [0.29, 0.717) is 13.1 Å². The summed E-state index contributed by atoms with van der Waals surface area (Å²) in [7, 11) is 7.77. The summed E-state index contributed by atoms with van der Waals surface area (Å²) in [6, 6.07) is 12.4. The van der Waals surface area contributed by atoms with Gasteiger partial charge in [0.05, 0.1) is 19.4 Å². The number of hydrogen-bond donors (Lipinski definition) is 1. The molecule has 0 amide bonds. The lowest BCUT2D eigenvalue weighted by Gasteiger charge is -2.23. The molecule has 0 aliphatic heterocycles. The van der Waals surface area contributed by atoms with Gasteiger partial charge in [-0.25, -0.2) is 4.98 Å². The quantitative estimate of drug-likeness (QED) is 0.278. The van der Waals surface area contributed by atoms with E-state index in [1.54, 1.807) is 24.3 Å². The Morgan fingerprint density at radius 3 is 2.50 bits per heavy atom. The van der Waals surface area contributed by atoms with Gasteiger partial charge >= 0.3 is 0 Å². The van der Waals surface area contributed by atoms with E-state index >= 15 is 0 Å².